The molecule has 0 radical (unpaired) electrons. The van der Waals surface area contributed by atoms with Crippen LogP contribution in [0.25, 0.3) is 0 Å². The smallest absolute Gasteiger partial charge is 0.288 e. The van der Waals surface area contributed by atoms with Crippen LogP contribution in [0.2, 0.25) is 10.0 Å². The summed E-state index contributed by atoms with van der Waals surface area (Å²) in [5, 5.41) is 23.5. The molecule has 2 saturated heterocycles. The van der Waals surface area contributed by atoms with Crippen LogP contribution in [0.4, 0.5) is 31.5 Å². The molecular weight excluding hydrogens is 697 g/mol. The fourth-order valence-corrected chi connectivity index (χ4v) is 8.33. The molecule has 0 spiro atoms. The van der Waals surface area contributed by atoms with Crippen molar-refractivity contribution < 1.29 is 18.6 Å². The first kappa shape index (κ1) is 34.4. The molecule has 12 heteroatoms. The maximum absolute atomic E-state index is 16.4. The van der Waals surface area contributed by atoms with Gasteiger partial charge >= 0.3 is 0 Å². The number of benzene rings is 5. The number of nitrogens with zero attached hydrogens (tertiary/aromatic N) is 4. The number of hydrogen-bond donors (Lipinski definition) is 0. The van der Waals surface area contributed by atoms with E-state index < -0.39 is 33.6 Å². The maximum Gasteiger partial charge on any atom is 0.288 e. The van der Waals surface area contributed by atoms with Gasteiger partial charge in [0.1, 0.15) is 15.7 Å². The predicted octanol–water partition coefficient (Wildman–Crippen LogP) is 10.8. The Balaban J connectivity index is 1.25. The van der Waals surface area contributed by atoms with Gasteiger partial charge in [-0.25, -0.2) is 8.78 Å². The minimum Gasteiger partial charge on any atom is -0.367 e. The Kier molecular flexibility index (Phi) is 9.39. The van der Waals surface area contributed by atoms with Gasteiger partial charge in [0.05, 0.1) is 21.9 Å². The zero-order chi connectivity index (χ0) is 35.9. The van der Waals surface area contributed by atoms with Gasteiger partial charge in [-0.15, -0.1) is 0 Å². The van der Waals surface area contributed by atoms with E-state index in [1.807, 2.05) is 36.4 Å². The van der Waals surface area contributed by atoms with Crippen LogP contribution in [0.3, 0.4) is 0 Å². The van der Waals surface area contributed by atoms with Crippen molar-refractivity contribution in [1.82, 2.24) is 0 Å². The Bertz CT molecular complexity index is 1980. The molecule has 2 heterocycles. The average molecular weight is 730 g/mol. The highest BCUT2D eigenvalue weighted by molar-refractivity contribution is 6.33. The van der Waals surface area contributed by atoms with Crippen molar-refractivity contribution in [2.24, 2.45) is 0 Å². The predicted molar refractivity (Wildman–Crippen MR) is 195 cm³/mol. The molecule has 0 aromatic heterocycles. The number of piperidine rings is 1. The number of nitro groups is 2. The lowest BCUT2D eigenvalue weighted by Gasteiger charge is -2.44. The number of halogens is 4. The van der Waals surface area contributed by atoms with Crippen LogP contribution in [0, 0.1) is 31.9 Å². The molecule has 51 heavy (non-hydrogen) atoms. The number of rotatable bonds is 8. The van der Waals surface area contributed by atoms with E-state index in [1.165, 1.54) is 36.4 Å². The monoisotopic (exact) mass is 728 g/mol. The molecule has 7 rings (SSSR count). The zero-order valence-corrected chi connectivity index (χ0v) is 28.7. The van der Waals surface area contributed by atoms with E-state index >= 15 is 8.78 Å². The van der Waals surface area contributed by atoms with Crippen molar-refractivity contribution in [3.05, 3.63) is 173 Å². The van der Waals surface area contributed by atoms with E-state index in [0.29, 0.717) is 49.9 Å². The summed E-state index contributed by atoms with van der Waals surface area (Å²) in [6.45, 7) is 0.823. The highest BCUT2D eigenvalue weighted by Gasteiger charge is 2.41. The maximum atomic E-state index is 16.4. The third-order valence-corrected chi connectivity index (χ3v) is 11.0. The van der Waals surface area contributed by atoms with E-state index in [4.69, 9.17) is 23.2 Å². The Morgan fingerprint density at radius 1 is 0.647 bits per heavy atom. The number of nitro benzene ring substituents is 2. The van der Waals surface area contributed by atoms with Gasteiger partial charge in [0.25, 0.3) is 11.4 Å². The summed E-state index contributed by atoms with van der Waals surface area (Å²) in [4.78, 5) is 25.9. The molecule has 2 fully saturated rings. The molecule has 2 atom stereocenters. The van der Waals surface area contributed by atoms with Crippen LogP contribution in [0.5, 0.6) is 0 Å². The van der Waals surface area contributed by atoms with Crippen molar-refractivity contribution in [2.45, 2.75) is 43.2 Å². The highest BCUT2D eigenvalue weighted by Crippen LogP contribution is 2.50. The Morgan fingerprint density at radius 2 is 1.08 bits per heavy atom. The first-order valence-corrected chi connectivity index (χ1v) is 17.3. The molecule has 0 bridgehead atoms. The first-order chi connectivity index (χ1) is 24.6. The lowest BCUT2D eigenvalue weighted by Crippen LogP contribution is -2.44. The molecule has 2 aliphatic heterocycles. The Hall–Kier alpha value is -5.06. The molecule has 2 aliphatic rings. The molecule has 0 N–H and O–H groups in total. The minimum absolute atomic E-state index is 0.0373. The highest BCUT2D eigenvalue weighted by atomic mass is 35.5. The van der Waals surface area contributed by atoms with Crippen molar-refractivity contribution >= 4 is 46.0 Å². The van der Waals surface area contributed by atoms with Crippen molar-refractivity contribution in [3.8, 4) is 0 Å². The van der Waals surface area contributed by atoms with Crippen LogP contribution in [-0.2, 0) is 5.41 Å². The normalized spacial score (nSPS) is 18.5. The second kappa shape index (κ2) is 13.9. The van der Waals surface area contributed by atoms with Crippen molar-refractivity contribution in [3.63, 3.8) is 0 Å². The average Bonchev–Trinajstić information content (AvgIpc) is 3.58. The van der Waals surface area contributed by atoms with Crippen molar-refractivity contribution in [1.29, 1.82) is 0 Å². The summed E-state index contributed by atoms with van der Waals surface area (Å²) in [5.74, 6) is -1.49. The standard InChI is InChI=1S/C39H32Cl2F2N4O4/c40-30-13-11-25(21-36(30)46(48)49)34-15-16-35(26-12-14-31(41)37(22-26)47(50)51)45(34)29-23-32(42)38(33(43)24-29)44-19-17-39(18-20-44,27-7-3-1-4-8-27)28-9-5-2-6-10-28/h1-14,21-24,34-35H,15-20H2. The summed E-state index contributed by atoms with van der Waals surface area (Å²) in [6, 6.07) is 30.8. The largest absolute Gasteiger partial charge is 0.367 e. The molecule has 8 nitrogen and oxygen atoms in total. The van der Waals surface area contributed by atoms with Crippen LogP contribution >= 0.6 is 23.2 Å². The van der Waals surface area contributed by atoms with Crippen LogP contribution < -0.4 is 9.80 Å². The SMILES string of the molecule is O=[N+]([O-])c1cc(C2CCC(c3ccc(Cl)c([N+](=O)[O-])c3)N2c2cc(F)c(N3CCC(c4ccccc4)(c4ccccc4)CC3)c(F)c2)ccc1Cl. The molecule has 0 aliphatic carbocycles. The fourth-order valence-electron chi connectivity index (χ4n) is 7.95. The molecule has 5 aromatic carbocycles. The zero-order valence-electron chi connectivity index (χ0n) is 27.2. The summed E-state index contributed by atoms with van der Waals surface area (Å²) >= 11 is 12.2. The molecule has 5 aromatic rings. The summed E-state index contributed by atoms with van der Waals surface area (Å²) in [5.41, 5.74) is 2.55. The summed E-state index contributed by atoms with van der Waals surface area (Å²) < 4.78 is 32.7. The molecular formula is C39H32Cl2F2N4O4. The third-order valence-electron chi connectivity index (χ3n) is 10.4. The lowest BCUT2D eigenvalue weighted by molar-refractivity contribution is -0.384. The van der Waals surface area contributed by atoms with E-state index in [9.17, 15) is 20.2 Å². The topological polar surface area (TPSA) is 92.8 Å². The van der Waals surface area contributed by atoms with Gasteiger partial charge in [-0.1, -0.05) is 96.0 Å². The van der Waals surface area contributed by atoms with Gasteiger partial charge in [0.15, 0.2) is 11.6 Å². The second-order valence-corrected chi connectivity index (χ2v) is 13.8. The summed E-state index contributed by atoms with van der Waals surface area (Å²) in [6.07, 6.45) is 2.17. The molecule has 0 saturated carbocycles. The van der Waals surface area contributed by atoms with E-state index in [1.54, 1.807) is 21.9 Å². The number of anilines is 2. The van der Waals surface area contributed by atoms with E-state index in [2.05, 4.69) is 24.3 Å². The van der Waals surface area contributed by atoms with Crippen LogP contribution in [0.1, 0.15) is 60.0 Å². The van der Waals surface area contributed by atoms with Crippen molar-refractivity contribution in [2.75, 3.05) is 22.9 Å². The quantitative estimate of drug-likeness (QED) is 0.117. The second-order valence-electron chi connectivity index (χ2n) is 13.0. The minimum atomic E-state index is -0.745. The fraction of sp³-hybridized carbons (Fsp3) is 0.231. The molecule has 2 unspecified atom stereocenters. The Labute approximate surface area is 303 Å². The first-order valence-electron chi connectivity index (χ1n) is 16.6. The van der Waals surface area contributed by atoms with Crippen LogP contribution in [0.15, 0.2) is 109 Å². The number of hydrogen-bond acceptors (Lipinski definition) is 6. The molecule has 0 amide bonds. The third kappa shape index (κ3) is 6.38. The van der Waals surface area contributed by atoms with E-state index in [0.717, 1.165) is 11.1 Å². The lowest BCUT2D eigenvalue weighted by atomic mass is 9.68. The van der Waals surface area contributed by atoms with E-state index in [-0.39, 0.29) is 38.2 Å². The van der Waals surface area contributed by atoms with Gasteiger partial charge in [0, 0.05) is 36.3 Å². The van der Waals surface area contributed by atoms with Gasteiger partial charge in [-0.2, -0.15) is 0 Å². The Morgan fingerprint density at radius 3 is 1.49 bits per heavy atom. The van der Waals surface area contributed by atoms with Gasteiger partial charge in [0.2, 0.25) is 0 Å². The molecule has 260 valence electrons. The van der Waals surface area contributed by atoms with Gasteiger partial charge < -0.3 is 9.80 Å². The summed E-state index contributed by atoms with van der Waals surface area (Å²) in [7, 11) is 0. The van der Waals surface area contributed by atoms with Crippen LogP contribution in [-0.4, -0.2) is 22.9 Å². The van der Waals surface area contributed by atoms with Gasteiger partial charge in [-0.3, -0.25) is 20.2 Å². The van der Waals surface area contributed by atoms with Gasteiger partial charge in [-0.05, 0) is 72.2 Å².